The zero-order chi connectivity index (χ0) is 15.7. The first-order valence-electron chi connectivity index (χ1n) is 7.62. The van der Waals surface area contributed by atoms with Crippen molar-refractivity contribution in [3.8, 4) is 5.88 Å². The van der Waals surface area contributed by atoms with Gasteiger partial charge in [-0.3, -0.25) is 4.90 Å². The Morgan fingerprint density at radius 1 is 1.18 bits per heavy atom. The molecule has 0 aliphatic carbocycles. The Bertz CT molecular complexity index is 663. The van der Waals surface area contributed by atoms with Crippen molar-refractivity contribution in [2.45, 2.75) is 45.3 Å². The van der Waals surface area contributed by atoms with Crippen molar-refractivity contribution in [3.63, 3.8) is 0 Å². The lowest BCUT2D eigenvalue weighted by Crippen LogP contribution is -2.48. The Balaban J connectivity index is 1.74. The minimum Gasteiger partial charge on any atom is -0.473 e. The molecule has 3 rings (SSSR count). The highest BCUT2D eigenvalue weighted by Gasteiger charge is 2.28. The van der Waals surface area contributed by atoms with Gasteiger partial charge >= 0.3 is 0 Å². The lowest BCUT2D eigenvalue weighted by Gasteiger charge is -2.40. The summed E-state index contributed by atoms with van der Waals surface area (Å²) in [6, 6.07) is 3.56. The fraction of sp³-hybridized carbons (Fsp3) is 0.562. The SMILES string of the molecule is CC(C)(C)N1CCC(Oc2ncnc3ccc(Cl)nc23)CC1. The van der Waals surface area contributed by atoms with Crippen molar-refractivity contribution < 1.29 is 4.74 Å². The van der Waals surface area contributed by atoms with E-state index in [1.165, 1.54) is 6.33 Å². The number of ether oxygens (including phenoxy) is 1. The highest BCUT2D eigenvalue weighted by molar-refractivity contribution is 6.29. The van der Waals surface area contributed by atoms with E-state index in [2.05, 4.69) is 40.6 Å². The molecule has 1 fully saturated rings. The Morgan fingerprint density at radius 2 is 1.91 bits per heavy atom. The van der Waals surface area contributed by atoms with Crippen LogP contribution in [0.1, 0.15) is 33.6 Å². The molecule has 1 aliphatic heterocycles. The molecule has 0 radical (unpaired) electrons. The predicted octanol–water partition coefficient (Wildman–Crippen LogP) is 3.32. The number of pyridine rings is 1. The summed E-state index contributed by atoms with van der Waals surface area (Å²) in [5, 5.41) is 0.426. The third kappa shape index (κ3) is 3.31. The van der Waals surface area contributed by atoms with E-state index in [0.29, 0.717) is 16.5 Å². The molecule has 0 N–H and O–H groups in total. The fourth-order valence-corrected chi connectivity index (χ4v) is 2.93. The quantitative estimate of drug-likeness (QED) is 0.794. The van der Waals surface area contributed by atoms with Crippen molar-refractivity contribution in [1.82, 2.24) is 19.9 Å². The number of aromatic nitrogens is 3. The van der Waals surface area contributed by atoms with Gasteiger partial charge in [0.1, 0.15) is 17.6 Å². The number of hydrogen-bond donors (Lipinski definition) is 0. The Morgan fingerprint density at radius 3 is 2.59 bits per heavy atom. The van der Waals surface area contributed by atoms with E-state index in [0.717, 1.165) is 31.4 Å². The number of halogens is 1. The van der Waals surface area contributed by atoms with E-state index in [1.807, 2.05) is 6.07 Å². The van der Waals surface area contributed by atoms with E-state index < -0.39 is 0 Å². The van der Waals surface area contributed by atoms with Crippen molar-refractivity contribution in [2.75, 3.05) is 13.1 Å². The van der Waals surface area contributed by atoms with Crippen LogP contribution < -0.4 is 4.74 Å². The maximum atomic E-state index is 6.09. The number of nitrogens with zero attached hydrogens (tertiary/aromatic N) is 4. The maximum Gasteiger partial charge on any atom is 0.244 e. The molecular weight excluding hydrogens is 300 g/mol. The molecule has 3 heterocycles. The minimum atomic E-state index is 0.164. The maximum absolute atomic E-state index is 6.09. The van der Waals surface area contributed by atoms with Crippen molar-refractivity contribution >= 4 is 22.6 Å². The second-order valence-corrected chi connectivity index (χ2v) is 7.04. The van der Waals surface area contributed by atoms with Crippen molar-refractivity contribution in [3.05, 3.63) is 23.6 Å². The van der Waals surface area contributed by atoms with Gasteiger partial charge in [-0.05, 0) is 45.7 Å². The van der Waals surface area contributed by atoms with Crippen LogP contribution in [0.2, 0.25) is 5.15 Å². The van der Waals surface area contributed by atoms with Crippen molar-refractivity contribution in [2.24, 2.45) is 0 Å². The third-order valence-corrected chi connectivity index (χ3v) is 4.29. The van der Waals surface area contributed by atoms with Crippen molar-refractivity contribution in [1.29, 1.82) is 0 Å². The van der Waals surface area contributed by atoms with E-state index in [9.17, 15) is 0 Å². The molecule has 0 atom stereocenters. The molecule has 0 amide bonds. The molecular formula is C16H21ClN4O. The summed E-state index contributed by atoms with van der Waals surface area (Å²) in [5.41, 5.74) is 1.59. The molecule has 1 saturated heterocycles. The van der Waals surface area contributed by atoms with Gasteiger partial charge in [-0.2, -0.15) is 4.98 Å². The van der Waals surface area contributed by atoms with Crippen LogP contribution in [0, 0.1) is 0 Å². The lowest BCUT2D eigenvalue weighted by molar-refractivity contribution is 0.0478. The summed E-state index contributed by atoms with van der Waals surface area (Å²) in [6.07, 6.45) is 3.65. The summed E-state index contributed by atoms with van der Waals surface area (Å²) in [5.74, 6) is 0.529. The van der Waals surface area contributed by atoms with E-state index >= 15 is 0 Å². The fourth-order valence-electron chi connectivity index (χ4n) is 2.78. The molecule has 1 aliphatic rings. The topological polar surface area (TPSA) is 51.1 Å². The van der Waals surface area contributed by atoms with Crippen LogP contribution in [0.25, 0.3) is 11.0 Å². The average molecular weight is 321 g/mol. The van der Waals surface area contributed by atoms with Gasteiger partial charge in [0.2, 0.25) is 5.88 Å². The first-order valence-corrected chi connectivity index (χ1v) is 8.00. The molecule has 0 bridgehead atoms. The number of likely N-dealkylation sites (tertiary alicyclic amines) is 1. The Labute approximate surface area is 135 Å². The summed E-state index contributed by atoms with van der Waals surface area (Å²) < 4.78 is 6.09. The smallest absolute Gasteiger partial charge is 0.244 e. The van der Waals surface area contributed by atoms with Crippen LogP contribution in [0.5, 0.6) is 5.88 Å². The number of hydrogen-bond acceptors (Lipinski definition) is 5. The van der Waals surface area contributed by atoms with Crippen LogP contribution in [0.3, 0.4) is 0 Å². The second kappa shape index (κ2) is 5.97. The zero-order valence-electron chi connectivity index (χ0n) is 13.2. The average Bonchev–Trinajstić information content (AvgIpc) is 2.47. The van der Waals surface area contributed by atoms with Gasteiger partial charge in [0.15, 0.2) is 5.52 Å². The lowest BCUT2D eigenvalue weighted by atomic mass is 9.99. The molecule has 0 aromatic carbocycles. The molecule has 118 valence electrons. The molecule has 2 aromatic rings. The van der Waals surface area contributed by atoms with Crippen LogP contribution >= 0.6 is 11.6 Å². The summed E-state index contributed by atoms with van der Waals surface area (Å²) in [6.45, 7) is 8.81. The second-order valence-electron chi connectivity index (χ2n) is 6.66. The molecule has 0 saturated carbocycles. The van der Waals surface area contributed by atoms with Gasteiger partial charge in [0.25, 0.3) is 0 Å². The highest BCUT2D eigenvalue weighted by atomic mass is 35.5. The zero-order valence-corrected chi connectivity index (χ0v) is 14.0. The van der Waals surface area contributed by atoms with Crippen LogP contribution in [0.15, 0.2) is 18.5 Å². The summed E-state index contributed by atoms with van der Waals surface area (Å²) in [7, 11) is 0. The van der Waals surface area contributed by atoms with Gasteiger partial charge in [-0.25, -0.2) is 9.97 Å². The highest BCUT2D eigenvalue weighted by Crippen LogP contribution is 2.26. The Kier molecular flexibility index (Phi) is 4.19. The van der Waals surface area contributed by atoms with Crippen LogP contribution in [-0.4, -0.2) is 44.6 Å². The molecule has 2 aromatic heterocycles. The van der Waals surface area contributed by atoms with Gasteiger partial charge in [-0.1, -0.05) is 11.6 Å². The van der Waals surface area contributed by atoms with Gasteiger partial charge in [-0.15, -0.1) is 0 Å². The van der Waals surface area contributed by atoms with Gasteiger partial charge in [0.05, 0.1) is 5.52 Å². The molecule has 6 heteroatoms. The minimum absolute atomic E-state index is 0.164. The largest absolute Gasteiger partial charge is 0.473 e. The molecule has 0 unspecified atom stereocenters. The Hall–Kier alpha value is -1.46. The van der Waals surface area contributed by atoms with Crippen LogP contribution in [0.4, 0.5) is 0 Å². The molecule has 5 nitrogen and oxygen atoms in total. The first-order chi connectivity index (χ1) is 10.4. The number of rotatable bonds is 2. The van der Waals surface area contributed by atoms with Gasteiger partial charge < -0.3 is 4.74 Å². The number of fused-ring (bicyclic) bond motifs is 1. The van der Waals surface area contributed by atoms with E-state index in [1.54, 1.807) is 6.07 Å². The molecule has 22 heavy (non-hydrogen) atoms. The first kappa shape index (κ1) is 15.4. The predicted molar refractivity (Wildman–Crippen MR) is 87.3 cm³/mol. The summed E-state index contributed by atoms with van der Waals surface area (Å²) >= 11 is 5.97. The number of piperidine rings is 1. The monoisotopic (exact) mass is 320 g/mol. The normalized spacial score (nSPS) is 17.8. The van der Waals surface area contributed by atoms with Crippen LogP contribution in [-0.2, 0) is 0 Å². The summed E-state index contributed by atoms with van der Waals surface area (Å²) in [4.78, 5) is 15.2. The van der Waals surface area contributed by atoms with E-state index in [4.69, 9.17) is 16.3 Å². The standard InChI is InChI=1S/C16H21ClN4O/c1-16(2,3)21-8-6-11(7-9-21)22-15-14-12(18-10-19-15)4-5-13(17)20-14/h4-5,10-11H,6-9H2,1-3H3. The van der Waals surface area contributed by atoms with Gasteiger partial charge in [0, 0.05) is 18.6 Å². The molecule has 0 spiro atoms. The van der Waals surface area contributed by atoms with E-state index in [-0.39, 0.29) is 11.6 Å². The third-order valence-electron chi connectivity index (χ3n) is 4.08.